The standard InChI is InChI=1S/C14H22N2O2/c1-11-9-16(6-3-7-18-11)10-12-4-5-13(15)8-14(12)17-2/h4-5,8,11H,3,6-7,9-10,15H2,1-2H3. The third-order valence-corrected chi connectivity index (χ3v) is 3.24. The van der Waals surface area contributed by atoms with Crippen LogP contribution in [0.3, 0.4) is 0 Å². The van der Waals surface area contributed by atoms with Gasteiger partial charge in [-0.05, 0) is 19.4 Å². The maximum absolute atomic E-state index is 5.77. The van der Waals surface area contributed by atoms with E-state index in [1.165, 1.54) is 5.56 Å². The van der Waals surface area contributed by atoms with Crippen LogP contribution in [-0.2, 0) is 11.3 Å². The fourth-order valence-corrected chi connectivity index (χ4v) is 2.36. The molecule has 1 aromatic carbocycles. The SMILES string of the molecule is COc1cc(N)ccc1CN1CCCOC(C)C1. The van der Waals surface area contributed by atoms with E-state index in [0.29, 0.717) is 6.10 Å². The summed E-state index contributed by atoms with van der Waals surface area (Å²) in [4.78, 5) is 2.41. The first-order chi connectivity index (χ1) is 8.69. The zero-order valence-electron chi connectivity index (χ0n) is 11.2. The predicted octanol–water partition coefficient (Wildman–Crippen LogP) is 1.89. The summed E-state index contributed by atoms with van der Waals surface area (Å²) in [6.07, 6.45) is 1.38. The van der Waals surface area contributed by atoms with Crippen LogP contribution in [0, 0.1) is 0 Å². The van der Waals surface area contributed by atoms with Crippen LogP contribution in [0.1, 0.15) is 18.9 Å². The van der Waals surface area contributed by atoms with Gasteiger partial charge >= 0.3 is 0 Å². The summed E-state index contributed by atoms with van der Waals surface area (Å²) in [5.74, 6) is 0.868. The number of nitrogen functional groups attached to an aromatic ring is 1. The summed E-state index contributed by atoms with van der Waals surface area (Å²) in [5, 5.41) is 0. The van der Waals surface area contributed by atoms with E-state index in [0.717, 1.165) is 44.1 Å². The summed E-state index contributed by atoms with van der Waals surface area (Å²) >= 11 is 0. The molecule has 4 heteroatoms. The minimum absolute atomic E-state index is 0.298. The number of benzene rings is 1. The zero-order valence-corrected chi connectivity index (χ0v) is 11.2. The summed E-state index contributed by atoms with van der Waals surface area (Å²) < 4.78 is 11.0. The van der Waals surface area contributed by atoms with Gasteiger partial charge in [-0.15, -0.1) is 0 Å². The molecule has 0 aromatic heterocycles. The average Bonchev–Trinajstić information content (AvgIpc) is 2.56. The van der Waals surface area contributed by atoms with E-state index < -0.39 is 0 Å². The highest BCUT2D eigenvalue weighted by molar-refractivity contribution is 5.48. The smallest absolute Gasteiger partial charge is 0.125 e. The lowest BCUT2D eigenvalue weighted by atomic mass is 10.1. The molecule has 100 valence electrons. The van der Waals surface area contributed by atoms with Crippen molar-refractivity contribution in [3.8, 4) is 5.75 Å². The van der Waals surface area contributed by atoms with Crippen molar-refractivity contribution >= 4 is 5.69 Å². The van der Waals surface area contributed by atoms with E-state index in [-0.39, 0.29) is 0 Å². The molecule has 1 aliphatic heterocycles. The summed E-state index contributed by atoms with van der Waals surface area (Å²) in [6, 6.07) is 5.85. The first kappa shape index (κ1) is 13.2. The van der Waals surface area contributed by atoms with Crippen LogP contribution in [0.15, 0.2) is 18.2 Å². The Balaban J connectivity index is 2.07. The summed E-state index contributed by atoms with van der Waals surface area (Å²) in [5.41, 5.74) is 7.69. The van der Waals surface area contributed by atoms with Crippen molar-refractivity contribution in [1.29, 1.82) is 0 Å². The zero-order chi connectivity index (χ0) is 13.0. The van der Waals surface area contributed by atoms with E-state index in [1.807, 2.05) is 18.2 Å². The lowest BCUT2D eigenvalue weighted by Crippen LogP contribution is -2.29. The van der Waals surface area contributed by atoms with Gasteiger partial charge in [-0.3, -0.25) is 4.90 Å². The van der Waals surface area contributed by atoms with Gasteiger partial charge in [0.25, 0.3) is 0 Å². The van der Waals surface area contributed by atoms with Crippen molar-refractivity contribution in [3.05, 3.63) is 23.8 Å². The number of hydrogen-bond acceptors (Lipinski definition) is 4. The van der Waals surface area contributed by atoms with Gasteiger partial charge in [-0.1, -0.05) is 6.07 Å². The van der Waals surface area contributed by atoms with Crippen molar-refractivity contribution in [1.82, 2.24) is 4.90 Å². The Morgan fingerprint density at radius 1 is 1.50 bits per heavy atom. The minimum Gasteiger partial charge on any atom is -0.496 e. The van der Waals surface area contributed by atoms with Gasteiger partial charge in [0.05, 0.1) is 13.2 Å². The molecule has 4 nitrogen and oxygen atoms in total. The van der Waals surface area contributed by atoms with Crippen LogP contribution in [0.25, 0.3) is 0 Å². The van der Waals surface area contributed by atoms with Crippen molar-refractivity contribution in [2.24, 2.45) is 0 Å². The highest BCUT2D eigenvalue weighted by Gasteiger charge is 2.16. The molecule has 1 aromatic rings. The highest BCUT2D eigenvalue weighted by atomic mass is 16.5. The van der Waals surface area contributed by atoms with Crippen LogP contribution in [0.4, 0.5) is 5.69 Å². The predicted molar refractivity (Wildman–Crippen MR) is 72.7 cm³/mol. The Kier molecular flexibility index (Phi) is 4.44. The Morgan fingerprint density at radius 3 is 3.11 bits per heavy atom. The van der Waals surface area contributed by atoms with Gasteiger partial charge in [0, 0.05) is 43.6 Å². The van der Waals surface area contributed by atoms with E-state index in [9.17, 15) is 0 Å². The van der Waals surface area contributed by atoms with Crippen LogP contribution in [0.5, 0.6) is 5.75 Å². The molecular weight excluding hydrogens is 228 g/mol. The minimum atomic E-state index is 0.298. The molecule has 0 aliphatic carbocycles. The number of rotatable bonds is 3. The third kappa shape index (κ3) is 3.37. The van der Waals surface area contributed by atoms with Crippen LogP contribution in [-0.4, -0.2) is 37.8 Å². The third-order valence-electron chi connectivity index (χ3n) is 3.24. The molecular formula is C14H22N2O2. The van der Waals surface area contributed by atoms with Crippen LogP contribution < -0.4 is 10.5 Å². The van der Waals surface area contributed by atoms with Gasteiger partial charge in [0.15, 0.2) is 0 Å². The Hall–Kier alpha value is -1.26. The number of nitrogens with zero attached hydrogens (tertiary/aromatic N) is 1. The lowest BCUT2D eigenvalue weighted by Gasteiger charge is -2.22. The molecule has 0 spiro atoms. The van der Waals surface area contributed by atoms with Crippen molar-refractivity contribution < 1.29 is 9.47 Å². The van der Waals surface area contributed by atoms with Gasteiger partial charge in [0.1, 0.15) is 5.75 Å². The number of ether oxygens (including phenoxy) is 2. The first-order valence-electron chi connectivity index (χ1n) is 6.45. The molecule has 0 amide bonds. The largest absolute Gasteiger partial charge is 0.496 e. The molecule has 2 N–H and O–H groups in total. The molecule has 1 saturated heterocycles. The number of anilines is 1. The van der Waals surface area contributed by atoms with Gasteiger partial charge in [-0.25, -0.2) is 0 Å². The molecule has 0 saturated carbocycles. The van der Waals surface area contributed by atoms with Crippen LogP contribution in [0.2, 0.25) is 0 Å². The van der Waals surface area contributed by atoms with E-state index in [1.54, 1.807) is 7.11 Å². The summed E-state index contributed by atoms with van der Waals surface area (Å²) in [7, 11) is 1.69. The maximum atomic E-state index is 5.77. The Morgan fingerprint density at radius 2 is 2.33 bits per heavy atom. The van der Waals surface area contributed by atoms with Gasteiger partial charge in [-0.2, -0.15) is 0 Å². The second-order valence-electron chi connectivity index (χ2n) is 4.84. The van der Waals surface area contributed by atoms with E-state index in [2.05, 4.69) is 11.8 Å². The number of nitrogens with two attached hydrogens (primary N) is 1. The number of hydrogen-bond donors (Lipinski definition) is 1. The first-order valence-corrected chi connectivity index (χ1v) is 6.45. The van der Waals surface area contributed by atoms with E-state index >= 15 is 0 Å². The molecule has 1 atom stereocenters. The van der Waals surface area contributed by atoms with Gasteiger partial charge < -0.3 is 15.2 Å². The van der Waals surface area contributed by atoms with Crippen LogP contribution >= 0.6 is 0 Å². The Bertz CT molecular complexity index is 395. The lowest BCUT2D eigenvalue weighted by molar-refractivity contribution is 0.0667. The average molecular weight is 250 g/mol. The quantitative estimate of drug-likeness (QED) is 0.832. The fourth-order valence-electron chi connectivity index (χ4n) is 2.36. The molecule has 1 aliphatic rings. The maximum Gasteiger partial charge on any atom is 0.125 e. The highest BCUT2D eigenvalue weighted by Crippen LogP contribution is 2.23. The molecule has 0 radical (unpaired) electrons. The molecule has 1 heterocycles. The molecule has 18 heavy (non-hydrogen) atoms. The topological polar surface area (TPSA) is 47.7 Å². The second kappa shape index (κ2) is 6.07. The molecule has 0 bridgehead atoms. The molecule has 1 fully saturated rings. The molecule has 1 unspecified atom stereocenters. The molecule has 2 rings (SSSR count). The number of methoxy groups -OCH3 is 1. The van der Waals surface area contributed by atoms with Crippen molar-refractivity contribution in [2.75, 3.05) is 32.5 Å². The Labute approximate surface area is 109 Å². The van der Waals surface area contributed by atoms with Gasteiger partial charge in [0.2, 0.25) is 0 Å². The normalized spacial score (nSPS) is 21.6. The monoisotopic (exact) mass is 250 g/mol. The second-order valence-corrected chi connectivity index (χ2v) is 4.84. The van der Waals surface area contributed by atoms with Crippen molar-refractivity contribution in [2.45, 2.75) is 26.0 Å². The summed E-state index contributed by atoms with van der Waals surface area (Å²) in [6.45, 7) is 5.90. The fraction of sp³-hybridized carbons (Fsp3) is 0.571. The van der Waals surface area contributed by atoms with Crippen molar-refractivity contribution in [3.63, 3.8) is 0 Å². The van der Waals surface area contributed by atoms with E-state index in [4.69, 9.17) is 15.2 Å².